The molecule has 1 unspecified atom stereocenters. The SMILES string of the molecule is CCOC(Nc1ccc(Cl)cc1Cl)C(=O)c1ccccc1. The molecule has 2 rings (SSSR count). The van der Waals surface area contributed by atoms with Gasteiger partial charge in [0.05, 0.1) is 10.7 Å². The Kier molecular flexibility index (Phi) is 5.62. The van der Waals surface area contributed by atoms with Crippen molar-refractivity contribution in [2.75, 3.05) is 11.9 Å². The molecule has 0 aliphatic heterocycles. The van der Waals surface area contributed by atoms with Crippen LogP contribution in [0.1, 0.15) is 17.3 Å². The molecule has 110 valence electrons. The van der Waals surface area contributed by atoms with Crippen molar-refractivity contribution < 1.29 is 9.53 Å². The van der Waals surface area contributed by atoms with Gasteiger partial charge in [-0.25, -0.2) is 0 Å². The third-order valence-electron chi connectivity index (χ3n) is 2.85. The van der Waals surface area contributed by atoms with E-state index in [9.17, 15) is 4.79 Å². The summed E-state index contributed by atoms with van der Waals surface area (Å²) in [7, 11) is 0. The minimum atomic E-state index is -0.795. The Morgan fingerprint density at radius 2 is 1.90 bits per heavy atom. The van der Waals surface area contributed by atoms with Gasteiger partial charge in [0, 0.05) is 17.2 Å². The number of halogens is 2. The number of anilines is 1. The summed E-state index contributed by atoms with van der Waals surface area (Å²) in [6, 6.07) is 14.0. The molecular weight excluding hydrogens is 309 g/mol. The van der Waals surface area contributed by atoms with Crippen molar-refractivity contribution in [3.05, 3.63) is 64.1 Å². The van der Waals surface area contributed by atoms with E-state index in [2.05, 4.69) is 5.32 Å². The lowest BCUT2D eigenvalue weighted by molar-refractivity contribution is 0.0550. The van der Waals surface area contributed by atoms with Crippen molar-refractivity contribution in [1.82, 2.24) is 0 Å². The van der Waals surface area contributed by atoms with E-state index in [0.717, 1.165) is 0 Å². The number of ketones is 1. The highest BCUT2D eigenvalue weighted by Gasteiger charge is 2.20. The summed E-state index contributed by atoms with van der Waals surface area (Å²) in [6.07, 6.45) is -0.795. The third-order valence-corrected chi connectivity index (χ3v) is 3.40. The predicted octanol–water partition coefficient (Wildman–Crippen LogP) is 4.65. The molecule has 1 atom stereocenters. The zero-order valence-electron chi connectivity index (χ0n) is 11.5. The van der Waals surface area contributed by atoms with Crippen molar-refractivity contribution in [1.29, 1.82) is 0 Å². The lowest BCUT2D eigenvalue weighted by atomic mass is 10.1. The Hall–Kier alpha value is -1.55. The second-order valence-corrected chi connectivity index (χ2v) is 5.18. The molecule has 3 nitrogen and oxygen atoms in total. The molecule has 0 saturated heterocycles. The lowest BCUT2D eigenvalue weighted by Gasteiger charge is -2.19. The van der Waals surface area contributed by atoms with E-state index in [1.54, 1.807) is 30.3 Å². The van der Waals surface area contributed by atoms with Gasteiger partial charge in [-0.15, -0.1) is 0 Å². The van der Waals surface area contributed by atoms with Crippen LogP contribution in [0.4, 0.5) is 5.69 Å². The van der Waals surface area contributed by atoms with Gasteiger partial charge in [0.25, 0.3) is 0 Å². The molecule has 2 aromatic rings. The Bertz CT molecular complexity index is 617. The number of benzene rings is 2. The van der Waals surface area contributed by atoms with Gasteiger partial charge in [-0.1, -0.05) is 53.5 Å². The smallest absolute Gasteiger partial charge is 0.212 e. The molecular formula is C16H15Cl2NO2. The fraction of sp³-hybridized carbons (Fsp3) is 0.188. The summed E-state index contributed by atoms with van der Waals surface area (Å²) in [4.78, 5) is 12.5. The number of carbonyl (C=O) groups excluding carboxylic acids is 1. The zero-order chi connectivity index (χ0) is 15.2. The first kappa shape index (κ1) is 15.8. The zero-order valence-corrected chi connectivity index (χ0v) is 13.0. The van der Waals surface area contributed by atoms with Crippen LogP contribution in [0.5, 0.6) is 0 Å². The van der Waals surface area contributed by atoms with E-state index < -0.39 is 6.23 Å². The normalized spacial score (nSPS) is 12.0. The Balaban J connectivity index is 2.21. The Morgan fingerprint density at radius 1 is 1.19 bits per heavy atom. The van der Waals surface area contributed by atoms with E-state index in [1.165, 1.54) is 0 Å². The minimum Gasteiger partial charge on any atom is -0.352 e. The van der Waals surface area contributed by atoms with Gasteiger partial charge in [0.2, 0.25) is 5.78 Å². The molecule has 0 bridgehead atoms. The van der Waals surface area contributed by atoms with Crippen molar-refractivity contribution in [2.45, 2.75) is 13.2 Å². The summed E-state index contributed by atoms with van der Waals surface area (Å²) in [5.41, 5.74) is 1.18. The second kappa shape index (κ2) is 7.46. The van der Waals surface area contributed by atoms with Gasteiger partial charge in [-0.3, -0.25) is 4.79 Å². The Labute approximate surface area is 133 Å². The molecule has 0 spiro atoms. The van der Waals surface area contributed by atoms with E-state index in [1.807, 2.05) is 25.1 Å². The summed E-state index contributed by atoms with van der Waals surface area (Å²) in [6.45, 7) is 2.23. The topological polar surface area (TPSA) is 38.3 Å². The van der Waals surface area contributed by atoms with Crippen LogP contribution in [0.25, 0.3) is 0 Å². The van der Waals surface area contributed by atoms with Crippen LogP contribution in [0.3, 0.4) is 0 Å². The first-order chi connectivity index (χ1) is 10.1. The van der Waals surface area contributed by atoms with E-state index in [-0.39, 0.29) is 5.78 Å². The molecule has 21 heavy (non-hydrogen) atoms. The highest BCUT2D eigenvalue weighted by atomic mass is 35.5. The van der Waals surface area contributed by atoms with Crippen LogP contribution in [0.2, 0.25) is 10.0 Å². The van der Waals surface area contributed by atoms with Crippen LogP contribution in [-0.2, 0) is 4.74 Å². The molecule has 0 amide bonds. The molecule has 0 saturated carbocycles. The molecule has 1 N–H and O–H groups in total. The maximum Gasteiger partial charge on any atom is 0.212 e. The predicted molar refractivity (Wildman–Crippen MR) is 86.3 cm³/mol. The number of hydrogen-bond donors (Lipinski definition) is 1. The van der Waals surface area contributed by atoms with E-state index in [0.29, 0.717) is 27.9 Å². The van der Waals surface area contributed by atoms with Crippen molar-refractivity contribution in [3.8, 4) is 0 Å². The van der Waals surface area contributed by atoms with Crippen molar-refractivity contribution in [2.24, 2.45) is 0 Å². The molecule has 0 aliphatic carbocycles. The molecule has 0 heterocycles. The van der Waals surface area contributed by atoms with Crippen molar-refractivity contribution in [3.63, 3.8) is 0 Å². The van der Waals surface area contributed by atoms with Gasteiger partial charge in [0.1, 0.15) is 0 Å². The van der Waals surface area contributed by atoms with Crippen LogP contribution < -0.4 is 5.32 Å². The van der Waals surface area contributed by atoms with Gasteiger partial charge in [-0.2, -0.15) is 0 Å². The largest absolute Gasteiger partial charge is 0.352 e. The number of nitrogens with one attached hydrogen (secondary N) is 1. The number of ether oxygens (including phenoxy) is 1. The van der Waals surface area contributed by atoms with Gasteiger partial charge >= 0.3 is 0 Å². The van der Waals surface area contributed by atoms with Crippen LogP contribution in [0, 0.1) is 0 Å². The molecule has 5 heteroatoms. The standard InChI is InChI=1S/C16H15Cl2NO2/c1-2-21-16(15(20)11-6-4-3-5-7-11)19-14-9-8-12(17)10-13(14)18/h3-10,16,19H,2H2,1H3. The second-order valence-electron chi connectivity index (χ2n) is 4.33. The quantitative estimate of drug-likeness (QED) is 0.621. The third kappa shape index (κ3) is 4.21. The number of carbonyl (C=O) groups is 1. The van der Waals surface area contributed by atoms with Crippen LogP contribution in [-0.4, -0.2) is 18.6 Å². The summed E-state index contributed by atoms with van der Waals surface area (Å²) in [5.74, 6) is -0.150. The maximum atomic E-state index is 12.5. The van der Waals surface area contributed by atoms with E-state index in [4.69, 9.17) is 27.9 Å². The van der Waals surface area contributed by atoms with E-state index >= 15 is 0 Å². The van der Waals surface area contributed by atoms with Crippen LogP contribution in [0.15, 0.2) is 48.5 Å². The average Bonchev–Trinajstić information content (AvgIpc) is 2.49. The van der Waals surface area contributed by atoms with Crippen molar-refractivity contribution >= 4 is 34.7 Å². The number of hydrogen-bond acceptors (Lipinski definition) is 3. The van der Waals surface area contributed by atoms with Gasteiger partial charge < -0.3 is 10.1 Å². The summed E-state index contributed by atoms with van der Waals surface area (Å²) in [5, 5.41) is 3.98. The molecule has 2 aromatic carbocycles. The fourth-order valence-electron chi connectivity index (χ4n) is 1.85. The lowest BCUT2D eigenvalue weighted by Crippen LogP contribution is -2.32. The summed E-state index contributed by atoms with van der Waals surface area (Å²) >= 11 is 12.0. The molecule has 0 fully saturated rings. The minimum absolute atomic E-state index is 0.150. The number of Topliss-reactive ketones (excluding diaryl/α,β-unsaturated/α-hetero) is 1. The summed E-state index contributed by atoms with van der Waals surface area (Å²) < 4.78 is 5.50. The first-order valence-electron chi connectivity index (χ1n) is 6.54. The molecule has 0 aromatic heterocycles. The van der Waals surface area contributed by atoms with Gasteiger partial charge in [-0.05, 0) is 25.1 Å². The Morgan fingerprint density at radius 3 is 2.52 bits per heavy atom. The maximum absolute atomic E-state index is 12.5. The number of rotatable bonds is 6. The monoisotopic (exact) mass is 323 g/mol. The van der Waals surface area contributed by atoms with Crippen LogP contribution >= 0.6 is 23.2 Å². The molecule has 0 aliphatic rings. The highest BCUT2D eigenvalue weighted by molar-refractivity contribution is 6.36. The highest BCUT2D eigenvalue weighted by Crippen LogP contribution is 2.26. The molecule has 0 radical (unpaired) electrons. The van der Waals surface area contributed by atoms with Gasteiger partial charge in [0.15, 0.2) is 6.23 Å². The first-order valence-corrected chi connectivity index (χ1v) is 7.30. The average molecular weight is 324 g/mol. The fourth-order valence-corrected chi connectivity index (χ4v) is 2.31.